The van der Waals surface area contributed by atoms with E-state index >= 15 is 0 Å². The van der Waals surface area contributed by atoms with E-state index in [-0.39, 0.29) is 18.6 Å². The molecular weight excluding hydrogens is 230 g/mol. The Labute approximate surface area is 97.6 Å². The van der Waals surface area contributed by atoms with E-state index in [4.69, 9.17) is 9.84 Å². The van der Waals surface area contributed by atoms with Crippen LogP contribution in [-0.4, -0.2) is 29.0 Å². The molecule has 1 fully saturated rings. The van der Waals surface area contributed by atoms with Crippen LogP contribution in [0.5, 0.6) is 0 Å². The van der Waals surface area contributed by atoms with Gasteiger partial charge in [-0.2, -0.15) is 0 Å². The molecule has 1 aliphatic rings. The number of rotatable bonds is 2. The molecule has 5 heteroatoms. The van der Waals surface area contributed by atoms with Crippen LogP contribution >= 0.6 is 0 Å². The smallest absolute Gasteiger partial charge is 0.164 e. The van der Waals surface area contributed by atoms with Gasteiger partial charge in [-0.1, -0.05) is 6.07 Å². The summed E-state index contributed by atoms with van der Waals surface area (Å²) in [5.74, 6) is -1.88. The van der Waals surface area contributed by atoms with E-state index in [1.807, 2.05) is 0 Å². The minimum atomic E-state index is -0.952. The molecule has 1 aromatic carbocycles. The average molecular weight is 244 g/mol. The van der Waals surface area contributed by atoms with Gasteiger partial charge in [-0.25, -0.2) is 8.78 Å². The molecule has 0 spiro atoms. The van der Waals surface area contributed by atoms with Gasteiger partial charge in [0.1, 0.15) is 6.10 Å². The summed E-state index contributed by atoms with van der Waals surface area (Å²) in [7, 11) is 0. The fraction of sp³-hybridized carbons (Fsp3) is 0.500. The highest BCUT2D eigenvalue weighted by Gasteiger charge is 2.36. The van der Waals surface area contributed by atoms with Crippen molar-refractivity contribution in [2.75, 3.05) is 6.61 Å². The number of ether oxygens (including phenoxy) is 1. The Morgan fingerprint density at radius 2 is 2.12 bits per heavy atom. The fourth-order valence-corrected chi connectivity index (χ4v) is 2.08. The summed E-state index contributed by atoms with van der Waals surface area (Å²) in [5, 5.41) is 18.5. The van der Waals surface area contributed by atoms with Gasteiger partial charge in [0.2, 0.25) is 0 Å². The van der Waals surface area contributed by atoms with Gasteiger partial charge in [0, 0.05) is 12.0 Å². The maximum absolute atomic E-state index is 13.6. The van der Waals surface area contributed by atoms with Gasteiger partial charge in [-0.15, -0.1) is 0 Å². The van der Waals surface area contributed by atoms with E-state index in [1.54, 1.807) is 6.92 Å². The lowest BCUT2D eigenvalue weighted by Gasteiger charge is -2.14. The van der Waals surface area contributed by atoms with Crippen LogP contribution in [0.1, 0.15) is 23.7 Å². The molecule has 3 nitrogen and oxygen atoms in total. The summed E-state index contributed by atoms with van der Waals surface area (Å²) in [6.45, 7) is 1.31. The lowest BCUT2D eigenvalue weighted by Crippen LogP contribution is -2.24. The number of hydrogen-bond donors (Lipinski definition) is 2. The average Bonchev–Trinajstić information content (AvgIpc) is 2.64. The molecule has 94 valence electrons. The van der Waals surface area contributed by atoms with Crippen molar-refractivity contribution >= 4 is 0 Å². The van der Waals surface area contributed by atoms with Crippen molar-refractivity contribution in [3.63, 3.8) is 0 Å². The van der Waals surface area contributed by atoms with Gasteiger partial charge in [0.25, 0.3) is 0 Å². The van der Waals surface area contributed by atoms with Gasteiger partial charge < -0.3 is 14.9 Å². The predicted octanol–water partition coefficient (Wildman–Crippen LogP) is 1.46. The quantitative estimate of drug-likeness (QED) is 0.828. The second-order valence-corrected chi connectivity index (χ2v) is 4.30. The Bertz CT molecular complexity index is 422. The van der Waals surface area contributed by atoms with E-state index in [9.17, 15) is 13.9 Å². The lowest BCUT2D eigenvalue weighted by atomic mass is 10.0. The van der Waals surface area contributed by atoms with Crippen LogP contribution in [0.3, 0.4) is 0 Å². The number of aryl methyl sites for hydroxylation is 1. The summed E-state index contributed by atoms with van der Waals surface area (Å²) in [6.07, 6.45) is -2.14. The molecule has 0 amide bonds. The summed E-state index contributed by atoms with van der Waals surface area (Å²) < 4.78 is 32.1. The molecule has 1 heterocycles. The second kappa shape index (κ2) is 4.68. The van der Waals surface area contributed by atoms with Crippen LogP contribution < -0.4 is 0 Å². The molecule has 1 saturated heterocycles. The van der Waals surface area contributed by atoms with Gasteiger partial charge in [0.15, 0.2) is 11.6 Å². The van der Waals surface area contributed by atoms with E-state index < -0.39 is 29.9 Å². The molecule has 17 heavy (non-hydrogen) atoms. The molecule has 1 aliphatic heterocycles. The zero-order chi connectivity index (χ0) is 12.6. The summed E-state index contributed by atoms with van der Waals surface area (Å²) in [5.41, 5.74) is 0.682. The first-order chi connectivity index (χ1) is 8.02. The number of hydrogen-bond acceptors (Lipinski definition) is 3. The van der Waals surface area contributed by atoms with Crippen molar-refractivity contribution in [2.45, 2.75) is 31.7 Å². The molecule has 0 aliphatic carbocycles. The van der Waals surface area contributed by atoms with Crippen molar-refractivity contribution in [3.8, 4) is 0 Å². The van der Waals surface area contributed by atoms with E-state index in [0.717, 1.165) is 6.07 Å². The molecule has 3 atom stereocenters. The second-order valence-electron chi connectivity index (χ2n) is 4.30. The molecule has 0 radical (unpaired) electrons. The van der Waals surface area contributed by atoms with Crippen LogP contribution in [0.15, 0.2) is 12.1 Å². The predicted molar refractivity (Wildman–Crippen MR) is 56.4 cm³/mol. The highest BCUT2D eigenvalue weighted by Crippen LogP contribution is 2.35. The highest BCUT2D eigenvalue weighted by atomic mass is 19.2. The largest absolute Gasteiger partial charge is 0.394 e. The van der Waals surface area contributed by atoms with Crippen LogP contribution in [-0.2, 0) is 4.74 Å². The number of benzene rings is 1. The SMILES string of the molecule is Cc1cc(F)c(F)c([C@H]2C[C@H](O)[C@@H](CO)O2)c1. The molecule has 0 saturated carbocycles. The topological polar surface area (TPSA) is 49.7 Å². The third-order valence-electron chi connectivity index (χ3n) is 2.95. The highest BCUT2D eigenvalue weighted by molar-refractivity contribution is 5.28. The summed E-state index contributed by atoms with van der Waals surface area (Å²) in [4.78, 5) is 0. The first-order valence-corrected chi connectivity index (χ1v) is 5.43. The maximum atomic E-state index is 13.6. The molecule has 2 rings (SSSR count). The van der Waals surface area contributed by atoms with Gasteiger partial charge in [0.05, 0.1) is 18.8 Å². The maximum Gasteiger partial charge on any atom is 0.164 e. The zero-order valence-electron chi connectivity index (χ0n) is 9.36. The molecule has 0 aromatic heterocycles. The Hall–Kier alpha value is -1.04. The van der Waals surface area contributed by atoms with Crippen molar-refractivity contribution in [1.29, 1.82) is 0 Å². The van der Waals surface area contributed by atoms with E-state index in [0.29, 0.717) is 5.56 Å². The third-order valence-corrected chi connectivity index (χ3v) is 2.95. The minimum Gasteiger partial charge on any atom is -0.394 e. The third kappa shape index (κ3) is 2.31. The van der Waals surface area contributed by atoms with Crippen LogP contribution in [0.2, 0.25) is 0 Å². The van der Waals surface area contributed by atoms with Gasteiger partial charge >= 0.3 is 0 Å². The Kier molecular flexibility index (Phi) is 3.42. The van der Waals surface area contributed by atoms with Crippen LogP contribution in [0.4, 0.5) is 8.78 Å². The van der Waals surface area contributed by atoms with Crippen molar-refractivity contribution < 1.29 is 23.7 Å². The van der Waals surface area contributed by atoms with Crippen LogP contribution in [0, 0.1) is 18.6 Å². The minimum absolute atomic E-state index is 0.0949. The molecule has 1 aromatic rings. The standard InChI is InChI=1S/C12H14F2O3/c1-6-2-7(12(14)8(13)3-6)10-4-9(16)11(5-15)17-10/h2-3,9-11,15-16H,4-5H2,1H3/t9-,10+,11+/m0/s1. The zero-order valence-corrected chi connectivity index (χ0v) is 9.36. The summed E-state index contributed by atoms with van der Waals surface area (Å²) in [6, 6.07) is 2.60. The first kappa shape index (κ1) is 12.4. The van der Waals surface area contributed by atoms with E-state index in [2.05, 4.69) is 0 Å². The Morgan fingerprint density at radius 3 is 2.71 bits per heavy atom. The number of halogens is 2. The molecular formula is C12H14F2O3. The molecule has 0 unspecified atom stereocenters. The first-order valence-electron chi connectivity index (χ1n) is 5.43. The van der Waals surface area contributed by atoms with Crippen molar-refractivity contribution in [1.82, 2.24) is 0 Å². The van der Waals surface area contributed by atoms with Crippen molar-refractivity contribution in [2.24, 2.45) is 0 Å². The normalized spacial score (nSPS) is 28.6. The van der Waals surface area contributed by atoms with Gasteiger partial charge in [-0.3, -0.25) is 0 Å². The molecule has 2 N–H and O–H groups in total. The Balaban J connectivity index is 2.30. The Morgan fingerprint density at radius 1 is 1.41 bits per heavy atom. The molecule has 0 bridgehead atoms. The van der Waals surface area contributed by atoms with Crippen LogP contribution in [0.25, 0.3) is 0 Å². The number of aliphatic hydroxyl groups is 2. The lowest BCUT2D eigenvalue weighted by molar-refractivity contribution is -0.0235. The monoisotopic (exact) mass is 244 g/mol. The fourth-order valence-electron chi connectivity index (χ4n) is 2.08. The van der Waals surface area contributed by atoms with Crippen molar-refractivity contribution in [3.05, 3.63) is 34.9 Å². The summed E-state index contributed by atoms with van der Waals surface area (Å²) >= 11 is 0. The van der Waals surface area contributed by atoms with Gasteiger partial charge in [-0.05, 0) is 18.6 Å². The number of aliphatic hydroxyl groups excluding tert-OH is 2. The van der Waals surface area contributed by atoms with E-state index in [1.165, 1.54) is 6.07 Å².